The highest BCUT2D eigenvalue weighted by molar-refractivity contribution is 7.92. The number of methoxy groups -OCH3 is 2. The fraction of sp³-hybridized carbons (Fsp3) is 0.174. The van der Waals surface area contributed by atoms with Gasteiger partial charge in [-0.1, -0.05) is 12.1 Å². The van der Waals surface area contributed by atoms with Crippen LogP contribution in [-0.2, 0) is 21.4 Å². The molecule has 0 bridgehead atoms. The number of carbonyl (C=O) groups excluding carboxylic acids is 1. The molecule has 7 nitrogen and oxygen atoms in total. The van der Waals surface area contributed by atoms with Gasteiger partial charge in [-0.05, 0) is 54.1 Å². The molecule has 0 aliphatic carbocycles. The summed E-state index contributed by atoms with van der Waals surface area (Å²) in [6.45, 7) is -0.581. The number of nitrogens with one attached hydrogen (secondary N) is 1. The predicted molar refractivity (Wildman–Crippen MR) is 119 cm³/mol. The van der Waals surface area contributed by atoms with Gasteiger partial charge < -0.3 is 14.8 Å². The minimum Gasteiger partial charge on any atom is -0.493 e. The van der Waals surface area contributed by atoms with Crippen LogP contribution >= 0.6 is 0 Å². The first-order valence-corrected chi connectivity index (χ1v) is 11.2. The Kier molecular flexibility index (Phi) is 7.49. The number of amides is 1. The summed E-state index contributed by atoms with van der Waals surface area (Å²) in [5.41, 5.74) is 0.603. The maximum atomic E-state index is 13.4. The summed E-state index contributed by atoms with van der Waals surface area (Å²) in [6.07, 6.45) is 0. The molecule has 174 valence electrons. The van der Waals surface area contributed by atoms with Crippen LogP contribution in [0.5, 0.6) is 11.5 Å². The number of sulfonamides is 1. The molecule has 3 aromatic carbocycles. The Morgan fingerprint density at radius 3 is 2.24 bits per heavy atom. The van der Waals surface area contributed by atoms with Crippen LogP contribution in [0.4, 0.5) is 14.5 Å². The number of ether oxygens (including phenoxy) is 2. The molecule has 3 rings (SSSR count). The summed E-state index contributed by atoms with van der Waals surface area (Å²) in [5.74, 6) is -1.12. The van der Waals surface area contributed by atoms with E-state index in [-0.39, 0.29) is 22.9 Å². The average Bonchev–Trinajstić information content (AvgIpc) is 2.81. The van der Waals surface area contributed by atoms with Gasteiger partial charge in [0.25, 0.3) is 10.0 Å². The highest BCUT2D eigenvalue weighted by Gasteiger charge is 2.28. The van der Waals surface area contributed by atoms with Gasteiger partial charge in [-0.2, -0.15) is 0 Å². The lowest BCUT2D eigenvalue weighted by Crippen LogP contribution is -2.40. The molecule has 0 aliphatic heterocycles. The van der Waals surface area contributed by atoms with E-state index in [1.165, 1.54) is 62.8 Å². The van der Waals surface area contributed by atoms with Gasteiger partial charge in [0, 0.05) is 12.6 Å². The first-order chi connectivity index (χ1) is 15.7. The van der Waals surface area contributed by atoms with Gasteiger partial charge in [0.15, 0.2) is 11.5 Å². The molecule has 0 saturated carbocycles. The van der Waals surface area contributed by atoms with Crippen molar-refractivity contribution in [2.45, 2.75) is 11.4 Å². The highest BCUT2D eigenvalue weighted by Crippen LogP contribution is 2.32. The van der Waals surface area contributed by atoms with Gasteiger partial charge in [0.1, 0.15) is 18.2 Å². The van der Waals surface area contributed by atoms with Crippen molar-refractivity contribution in [1.82, 2.24) is 5.32 Å². The quantitative estimate of drug-likeness (QED) is 0.511. The zero-order valence-corrected chi connectivity index (χ0v) is 18.7. The van der Waals surface area contributed by atoms with Crippen LogP contribution in [0.25, 0.3) is 0 Å². The molecule has 0 atom stereocenters. The lowest BCUT2D eigenvalue weighted by atomic mass is 10.2. The Morgan fingerprint density at radius 1 is 0.909 bits per heavy atom. The van der Waals surface area contributed by atoms with Crippen molar-refractivity contribution in [2.75, 3.05) is 25.1 Å². The maximum absolute atomic E-state index is 13.4. The molecule has 1 N–H and O–H groups in total. The van der Waals surface area contributed by atoms with Crippen molar-refractivity contribution >= 4 is 21.6 Å². The fourth-order valence-electron chi connectivity index (χ4n) is 3.06. The average molecular weight is 477 g/mol. The number of hydrogen-bond acceptors (Lipinski definition) is 5. The molecule has 0 spiro atoms. The van der Waals surface area contributed by atoms with Gasteiger partial charge in [-0.25, -0.2) is 17.2 Å². The van der Waals surface area contributed by atoms with Crippen molar-refractivity contribution < 1.29 is 31.5 Å². The summed E-state index contributed by atoms with van der Waals surface area (Å²) in [6, 6.07) is 14.4. The number of rotatable bonds is 9. The maximum Gasteiger partial charge on any atom is 0.264 e. The van der Waals surface area contributed by atoms with Crippen LogP contribution in [0, 0.1) is 11.6 Å². The van der Waals surface area contributed by atoms with E-state index in [9.17, 15) is 22.0 Å². The molecule has 0 aliphatic rings. The highest BCUT2D eigenvalue weighted by atomic mass is 32.2. The Hall–Kier alpha value is -3.66. The molecular formula is C23H22F2N2O5S. The second-order valence-electron chi connectivity index (χ2n) is 6.91. The standard InChI is InChI=1S/C23H22F2N2O5S/c1-31-21-11-10-20(13-22(21)32-2)33(29,30)27(19-8-6-17(24)7-9-19)15-23(28)26-14-16-4-3-5-18(25)12-16/h3-13H,14-15H2,1-2H3,(H,26,28). The lowest BCUT2D eigenvalue weighted by molar-refractivity contribution is -0.119. The molecule has 0 radical (unpaired) electrons. The topological polar surface area (TPSA) is 84.9 Å². The molecule has 33 heavy (non-hydrogen) atoms. The fourth-order valence-corrected chi connectivity index (χ4v) is 4.50. The number of halogens is 2. The summed E-state index contributed by atoms with van der Waals surface area (Å²) in [4.78, 5) is 12.5. The van der Waals surface area contributed by atoms with Crippen molar-refractivity contribution in [2.24, 2.45) is 0 Å². The van der Waals surface area contributed by atoms with Crippen molar-refractivity contribution in [3.63, 3.8) is 0 Å². The van der Waals surface area contributed by atoms with Crippen LogP contribution in [0.2, 0.25) is 0 Å². The number of carbonyl (C=O) groups is 1. The van der Waals surface area contributed by atoms with Gasteiger partial charge in [0.05, 0.1) is 24.8 Å². The Balaban J connectivity index is 1.91. The van der Waals surface area contributed by atoms with Gasteiger partial charge in [-0.15, -0.1) is 0 Å². The Labute approximate surface area is 190 Å². The summed E-state index contributed by atoms with van der Waals surface area (Å²) in [7, 11) is -1.47. The second kappa shape index (κ2) is 10.3. The van der Waals surface area contributed by atoms with E-state index in [4.69, 9.17) is 9.47 Å². The second-order valence-corrected chi connectivity index (χ2v) is 8.77. The SMILES string of the molecule is COc1ccc(S(=O)(=O)N(CC(=O)NCc2cccc(F)c2)c2ccc(F)cc2)cc1OC. The van der Waals surface area contributed by atoms with E-state index < -0.39 is 34.1 Å². The number of benzene rings is 3. The normalized spacial score (nSPS) is 11.0. The summed E-state index contributed by atoms with van der Waals surface area (Å²) in [5, 5.41) is 2.57. The van der Waals surface area contributed by atoms with Crippen LogP contribution in [-0.4, -0.2) is 35.1 Å². The molecule has 0 fully saturated rings. The van der Waals surface area contributed by atoms with Crippen molar-refractivity contribution in [3.05, 3.63) is 83.9 Å². The smallest absolute Gasteiger partial charge is 0.264 e. The largest absolute Gasteiger partial charge is 0.493 e. The molecule has 0 unspecified atom stereocenters. The molecule has 0 heterocycles. The summed E-state index contributed by atoms with van der Waals surface area (Å²) < 4.78 is 64.9. The predicted octanol–water partition coefficient (Wildman–Crippen LogP) is 3.49. The van der Waals surface area contributed by atoms with E-state index >= 15 is 0 Å². The van der Waals surface area contributed by atoms with Crippen LogP contribution in [0.3, 0.4) is 0 Å². The molecule has 10 heteroatoms. The van der Waals surface area contributed by atoms with E-state index in [0.717, 1.165) is 16.4 Å². The molecule has 1 amide bonds. The van der Waals surface area contributed by atoms with Crippen LogP contribution in [0.1, 0.15) is 5.56 Å². The van der Waals surface area contributed by atoms with Crippen LogP contribution < -0.4 is 19.1 Å². The van der Waals surface area contributed by atoms with E-state index in [0.29, 0.717) is 11.3 Å². The van der Waals surface area contributed by atoms with Gasteiger partial charge in [0.2, 0.25) is 5.91 Å². The molecular weight excluding hydrogens is 454 g/mol. The van der Waals surface area contributed by atoms with Crippen molar-refractivity contribution in [1.29, 1.82) is 0 Å². The molecule has 0 saturated heterocycles. The van der Waals surface area contributed by atoms with Gasteiger partial charge in [-0.3, -0.25) is 9.10 Å². The number of anilines is 1. The zero-order chi connectivity index (χ0) is 24.0. The zero-order valence-electron chi connectivity index (χ0n) is 17.9. The van der Waals surface area contributed by atoms with E-state index in [1.54, 1.807) is 6.07 Å². The monoisotopic (exact) mass is 476 g/mol. The third kappa shape index (κ3) is 5.78. The minimum absolute atomic E-state index is 0.00422. The van der Waals surface area contributed by atoms with Gasteiger partial charge >= 0.3 is 0 Å². The van der Waals surface area contributed by atoms with E-state index in [1.807, 2.05) is 0 Å². The molecule has 0 aromatic heterocycles. The molecule has 3 aromatic rings. The third-order valence-electron chi connectivity index (χ3n) is 4.72. The van der Waals surface area contributed by atoms with Crippen molar-refractivity contribution in [3.8, 4) is 11.5 Å². The third-order valence-corrected chi connectivity index (χ3v) is 6.49. The Bertz CT molecular complexity index is 1230. The van der Waals surface area contributed by atoms with E-state index in [2.05, 4.69) is 5.32 Å². The minimum atomic E-state index is -4.25. The van der Waals surface area contributed by atoms with Crippen LogP contribution in [0.15, 0.2) is 71.6 Å². The Morgan fingerprint density at radius 2 is 1.61 bits per heavy atom. The number of nitrogens with zero attached hydrogens (tertiary/aromatic N) is 1. The number of hydrogen-bond donors (Lipinski definition) is 1. The summed E-state index contributed by atoms with van der Waals surface area (Å²) >= 11 is 0. The first kappa shape index (κ1) is 24.0. The first-order valence-electron chi connectivity index (χ1n) is 9.76. The lowest BCUT2D eigenvalue weighted by Gasteiger charge is -2.24.